The topological polar surface area (TPSA) is 26.0 Å². The van der Waals surface area contributed by atoms with E-state index in [4.69, 9.17) is 5.73 Å². The van der Waals surface area contributed by atoms with Crippen LogP contribution in [0.25, 0.3) is 0 Å². The molecular weight excluding hydrogens is 196 g/mol. The molecule has 15 heavy (non-hydrogen) atoms. The van der Waals surface area contributed by atoms with E-state index in [1.54, 1.807) is 0 Å². The zero-order valence-electron chi connectivity index (χ0n) is 9.35. The molecule has 0 bridgehead atoms. The van der Waals surface area contributed by atoms with Gasteiger partial charge in [0.05, 0.1) is 5.54 Å². The van der Waals surface area contributed by atoms with Crippen molar-refractivity contribution in [3.8, 4) is 0 Å². The largest absolute Gasteiger partial charge is 0.320 e. The van der Waals surface area contributed by atoms with E-state index >= 15 is 0 Å². The molecule has 1 unspecified atom stereocenters. The van der Waals surface area contributed by atoms with Gasteiger partial charge in [-0.05, 0) is 38.3 Å². The summed E-state index contributed by atoms with van der Waals surface area (Å²) in [6.45, 7) is 5.28. The molecule has 3 heteroatoms. The highest BCUT2D eigenvalue weighted by Gasteiger charge is 2.30. The Bertz CT molecular complexity index is 345. The Balaban J connectivity index is 2.90. The monoisotopic (exact) mass is 213 g/mol. The van der Waals surface area contributed by atoms with Gasteiger partial charge in [0.25, 0.3) is 6.43 Å². The molecule has 84 valence electrons. The third-order valence-corrected chi connectivity index (χ3v) is 2.57. The minimum Gasteiger partial charge on any atom is -0.320 e. The molecule has 1 nitrogen and oxygen atoms in total. The second-order valence-electron chi connectivity index (χ2n) is 4.41. The summed E-state index contributed by atoms with van der Waals surface area (Å²) in [5.74, 6) is 0. The van der Waals surface area contributed by atoms with Crippen molar-refractivity contribution in [2.75, 3.05) is 0 Å². The molecule has 0 fully saturated rings. The summed E-state index contributed by atoms with van der Waals surface area (Å²) in [6, 6.07) is 5.78. The van der Waals surface area contributed by atoms with Crippen LogP contribution in [0.3, 0.4) is 0 Å². The lowest BCUT2D eigenvalue weighted by molar-refractivity contribution is 0.0638. The minimum absolute atomic E-state index is 0.205. The Kier molecular flexibility index (Phi) is 3.45. The van der Waals surface area contributed by atoms with Gasteiger partial charge in [0.1, 0.15) is 0 Å². The number of hydrogen-bond acceptors (Lipinski definition) is 1. The van der Waals surface area contributed by atoms with Crippen molar-refractivity contribution in [3.05, 3.63) is 34.9 Å². The smallest absolute Gasteiger partial charge is 0.256 e. The van der Waals surface area contributed by atoms with E-state index < -0.39 is 12.0 Å². The summed E-state index contributed by atoms with van der Waals surface area (Å²) in [5, 5.41) is 0. The van der Waals surface area contributed by atoms with E-state index in [0.29, 0.717) is 0 Å². The van der Waals surface area contributed by atoms with Crippen LogP contribution < -0.4 is 5.73 Å². The predicted octanol–water partition coefficient (Wildman–Crippen LogP) is 2.83. The standard InChI is InChI=1S/C12H17F2N/c1-8-4-5-10(9(2)6-8)7-12(3,15)11(13)14/h4-6,11H,7,15H2,1-3H3. The van der Waals surface area contributed by atoms with Crippen LogP contribution in [-0.2, 0) is 6.42 Å². The minimum atomic E-state index is -2.50. The average Bonchev–Trinajstić information content (AvgIpc) is 2.09. The first-order valence-corrected chi connectivity index (χ1v) is 4.96. The molecule has 1 aromatic rings. The molecule has 0 aliphatic rings. The molecule has 1 aromatic carbocycles. The molecule has 0 amide bonds. The summed E-state index contributed by atoms with van der Waals surface area (Å²) >= 11 is 0. The fourth-order valence-electron chi connectivity index (χ4n) is 1.53. The summed E-state index contributed by atoms with van der Waals surface area (Å²) in [4.78, 5) is 0. The zero-order valence-corrected chi connectivity index (χ0v) is 9.35. The predicted molar refractivity (Wildman–Crippen MR) is 58.2 cm³/mol. The van der Waals surface area contributed by atoms with Gasteiger partial charge in [-0.15, -0.1) is 0 Å². The number of benzene rings is 1. The second kappa shape index (κ2) is 4.27. The van der Waals surface area contributed by atoms with Crippen LogP contribution in [0.15, 0.2) is 18.2 Å². The summed E-state index contributed by atoms with van der Waals surface area (Å²) in [5.41, 5.74) is 7.15. The van der Waals surface area contributed by atoms with Crippen LogP contribution in [0, 0.1) is 13.8 Å². The van der Waals surface area contributed by atoms with Crippen molar-refractivity contribution in [1.82, 2.24) is 0 Å². The van der Waals surface area contributed by atoms with Gasteiger partial charge in [0, 0.05) is 0 Å². The molecule has 1 rings (SSSR count). The average molecular weight is 213 g/mol. The van der Waals surface area contributed by atoms with E-state index in [1.807, 2.05) is 32.0 Å². The fraction of sp³-hybridized carbons (Fsp3) is 0.500. The van der Waals surface area contributed by atoms with Gasteiger partial charge in [-0.3, -0.25) is 0 Å². The lowest BCUT2D eigenvalue weighted by atomic mass is 9.91. The number of hydrogen-bond donors (Lipinski definition) is 1. The lowest BCUT2D eigenvalue weighted by Gasteiger charge is -2.24. The van der Waals surface area contributed by atoms with Crippen LogP contribution in [0.5, 0.6) is 0 Å². The van der Waals surface area contributed by atoms with Crippen LogP contribution in [0.4, 0.5) is 8.78 Å². The maximum atomic E-state index is 12.6. The van der Waals surface area contributed by atoms with Crippen LogP contribution in [0.1, 0.15) is 23.6 Å². The van der Waals surface area contributed by atoms with E-state index in [0.717, 1.165) is 16.7 Å². The third kappa shape index (κ3) is 2.99. The van der Waals surface area contributed by atoms with Crippen molar-refractivity contribution in [1.29, 1.82) is 0 Å². The van der Waals surface area contributed by atoms with E-state index in [9.17, 15) is 8.78 Å². The Morgan fingerprint density at radius 2 is 1.93 bits per heavy atom. The zero-order chi connectivity index (χ0) is 11.6. The van der Waals surface area contributed by atoms with Crippen LogP contribution >= 0.6 is 0 Å². The van der Waals surface area contributed by atoms with Crippen LogP contribution in [0.2, 0.25) is 0 Å². The molecule has 0 aliphatic carbocycles. The van der Waals surface area contributed by atoms with Gasteiger partial charge in [0.2, 0.25) is 0 Å². The van der Waals surface area contributed by atoms with Gasteiger partial charge in [-0.2, -0.15) is 0 Å². The molecule has 0 heterocycles. The third-order valence-electron chi connectivity index (χ3n) is 2.57. The summed E-state index contributed by atoms with van der Waals surface area (Å²) in [6.07, 6.45) is -2.30. The molecule has 0 aromatic heterocycles. The van der Waals surface area contributed by atoms with Crippen molar-refractivity contribution >= 4 is 0 Å². The Hall–Kier alpha value is -0.960. The Morgan fingerprint density at radius 1 is 1.33 bits per heavy atom. The molecule has 0 spiro atoms. The molecule has 0 saturated heterocycles. The lowest BCUT2D eigenvalue weighted by Crippen LogP contribution is -2.46. The number of rotatable bonds is 3. The summed E-state index contributed by atoms with van der Waals surface area (Å²) in [7, 11) is 0. The van der Waals surface area contributed by atoms with E-state index in [1.165, 1.54) is 6.92 Å². The highest BCUT2D eigenvalue weighted by atomic mass is 19.3. The van der Waals surface area contributed by atoms with Gasteiger partial charge >= 0.3 is 0 Å². The normalized spacial score (nSPS) is 15.4. The quantitative estimate of drug-likeness (QED) is 0.821. The molecule has 1 atom stereocenters. The number of aryl methyl sites for hydroxylation is 2. The van der Waals surface area contributed by atoms with E-state index in [2.05, 4.69) is 0 Å². The molecule has 0 radical (unpaired) electrons. The molecule has 0 saturated carbocycles. The SMILES string of the molecule is Cc1ccc(CC(C)(N)C(F)F)c(C)c1. The van der Waals surface area contributed by atoms with Crippen molar-refractivity contribution in [2.24, 2.45) is 5.73 Å². The maximum absolute atomic E-state index is 12.6. The maximum Gasteiger partial charge on any atom is 0.256 e. The number of nitrogens with two attached hydrogens (primary N) is 1. The second-order valence-corrected chi connectivity index (χ2v) is 4.41. The first kappa shape index (κ1) is 12.1. The number of alkyl halides is 2. The highest BCUT2D eigenvalue weighted by Crippen LogP contribution is 2.21. The van der Waals surface area contributed by atoms with Crippen molar-refractivity contribution in [2.45, 2.75) is 39.2 Å². The van der Waals surface area contributed by atoms with Crippen LogP contribution in [-0.4, -0.2) is 12.0 Å². The fourth-order valence-corrected chi connectivity index (χ4v) is 1.53. The van der Waals surface area contributed by atoms with Gasteiger partial charge < -0.3 is 5.73 Å². The summed E-state index contributed by atoms with van der Waals surface area (Å²) < 4.78 is 25.2. The molecule has 2 N–H and O–H groups in total. The van der Waals surface area contributed by atoms with E-state index in [-0.39, 0.29) is 6.42 Å². The van der Waals surface area contributed by atoms with Crippen molar-refractivity contribution < 1.29 is 8.78 Å². The van der Waals surface area contributed by atoms with Gasteiger partial charge in [0.15, 0.2) is 0 Å². The first-order chi connectivity index (χ1) is 6.83. The van der Waals surface area contributed by atoms with Gasteiger partial charge in [-0.1, -0.05) is 23.8 Å². The highest BCUT2D eigenvalue weighted by molar-refractivity contribution is 5.31. The van der Waals surface area contributed by atoms with Crippen molar-refractivity contribution in [3.63, 3.8) is 0 Å². The Labute approximate surface area is 89.3 Å². The molecule has 0 aliphatic heterocycles. The first-order valence-electron chi connectivity index (χ1n) is 4.96. The molecular formula is C12H17F2N. The number of halogens is 2. The van der Waals surface area contributed by atoms with Gasteiger partial charge in [-0.25, -0.2) is 8.78 Å². The Morgan fingerprint density at radius 3 is 2.40 bits per heavy atom.